The predicted octanol–water partition coefficient (Wildman–Crippen LogP) is 3.20. The third kappa shape index (κ3) is 3.07. The number of methoxy groups -OCH3 is 1. The average molecular weight is 375 g/mol. The maximum atomic E-state index is 12.6. The number of halogens is 1. The zero-order valence-corrected chi connectivity index (χ0v) is 14.0. The SMILES string of the molecule is COc1cccc(NC2CC(=O)N(c3ccccc3Br)C2=O)c1. The average Bonchev–Trinajstić information content (AvgIpc) is 2.82. The number of carbonyl (C=O) groups is 2. The number of hydrogen-bond donors (Lipinski definition) is 1. The fourth-order valence-electron chi connectivity index (χ4n) is 2.54. The highest BCUT2D eigenvalue weighted by Gasteiger charge is 2.40. The third-order valence-electron chi connectivity index (χ3n) is 3.65. The Bertz CT molecular complexity index is 763. The molecule has 6 heteroatoms. The van der Waals surface area contributed by atoms with Gasteiger partial charge in [0.05, 0.1) is 19.2 Å². The van der Waals surface area contributed by atoms with Crippen molar-refractivity contribution < 1.29 is 14.3 Å². The fraction of sp³-hybridized carbons (Fsp3) is 0.176. The molecule has 0 spiro atoms. The van der Waals surface area contributed by atoms with Gasteiger partial charge < -0.3 is 10.1 Å². The number of anilines is 2. The summed E-state index contributed by atoms with van der Waals surface area (Å²) >= 11 is 3.38. The monoisotopic (exact) mass is 374 g/mol. The first-order chi connectivity index (χ1) is 11.1. The van der Waals surface area contributed by atoms with Gasteiger partial charge in [-0.2, -0.15) is 0 Å². The van der Waals surface area contributed by atoms with E-state index in [0.29, 0.717) is 15.9 Å². The van der Waals surface area contributed by atoms with Gasteiger partial charge in [-0.15, -0.1) is 0 Å². The second kappa shape index (κ2) is 6.42. The van der Waals surface area contributed by atoms with Crippen molar-refractivity contribution in [2.24, 2.45) is 0 Å². The molecule has 1 heterocycles. The molecule has 1 atom stereocenters. The molecule has 1 saturated heterocycles. The second-order valence-corrected chi connectivity index (χ2v) is 6.01. The molecule has 5 nitrogen and oxygen atoms in total. The van der Waals surface area contributed by atoms with E-state index in [9.17, 15) is 9.59 Å². The minimum atomic E-state index is -0.582. The normalized spacial score (nSPS) is 17.5. The van der Waals surface area contributed by atoms with Crippen LogP contribution >= 0.6 is 15.9 Å². The molecule has 0 bridgehead atoms. The Balaban J connectivity index is 1.82. The van der Waals surface area contributed by atoms with E-state index in [0.717, 1.165) is 5.69 Å². The highest BCUT2D eigenvalue weighted by molar-refractivity contribution is 9.10. The lowest BCUT2D eigenvalue weighted by molar-refractivity contribution is -0.121. The molecule has 1 unspecified atom stereocenters. The van der Waals surface area contributed by atoms with Crippen LogP contribution in [0.3, 0.4) is 0 Å². The van der Waals surface area contributed by atoms with Gasteiger partial charge in [-0.25, -0.2) is 4.90 Å². The molecule has 3 rings (SSSR count). The van der Waals surface area contributed by atoms with E-state index in [4.69, 9.17) is 4.74 Å². The van der Waals surface area contributed by atoms with Gasteiger partial charge in [-0.1, -0.05) is 18.2 Å². The van der Waals surface area contributed by atoms with Crippen molar-refractivity contribution in [2.45, 2.75) is 12.5 Å². The van der Waals surface area contributed by atoms with Gasteiger partial charge in [-0.05, 0) is 40.2 Å². The number of rotatable bonds is 4. The zero-order chi connectivity index (χ0) is 16.4. The Morgan fingerprint density at radius 1 is 1.17 bits per heavy atom. The Kier molecular flexibility index (Phi) is 4.34. The van der Waals surface area contributed by atoms with Crippen LogP contribution in [0.25, 0.3) is 0 Å². The minimum Gasteiger partial charge on any atom is -0.497 e. The first-order valence-electron chi connectivity index (χ1n) is 7.12. The number of nitrogens with zero attached hydrogens (tertiary/aromatic N) is 1. The standard InChI is InChI=1S/C17H15BrN2O3/c1-23-12-6-4-5-11(9-12)19-14-10-16(21)20(17(14)22)15-8-3-2-7-13(15)18/h2-9,14,19H,10H2,1H3. The zero-order valence-electron chi connectivity index (χ0n) is 12.5. The Labute approximate surface area is 142 Å². The number of hydrogen-bond acceptors (Lipinski definition) is 4. The van der Waals surface area contributed by atoms with Crippen LogP contribution in [-0.4, -0.2) is 25.0 Å². The van der Waals surface area contributed by atoms with E-state index < -0.39 is 6.04 Å². The number of benzene rings is 2. The molecule has 23 heavy (non-hydrogen) atoms. The number of carbonyl (C=O) groups excluding carboxylic acids is 2. The molecule has 1 aliphatic rings. The van der Waals surface area contributed by atoms with Crippen molar-refractivity contribution in [3.05, 3.63) is 53.0 Å². The van der Waals surface area contributed by atoms with Gasteiger partial charge >= 0.3 is 0 Å². The van der Waals surface area contributed by atoms with E-state index >= 15 is 0 Å². The van der Waals surface area contributed by atoms with Gasteiger partial charge in [0.25, 0.3) is 5.91 Å². The fourth-order valence-corrected chi connectivity index (χ4v) is 3.01. The number of nitrogens with one attached hydrogen (secondary N) is 1. The Morgan fingerprint density at radius 3 is 2.70 bits per heavy atom. The first-order valence-corrected chi connectivity index (χ1v) is 7.91. The number of imide groups is 1. The summed E-state index contributed by atoms with van der Waals surface area (Å²) in [5.41, 5.74) is 1.31. The van der Waals surface area contributed by atoms with Crippen LogP contribution in [0.15, 0.2) is 53.0 Å². The Morgan fingerprint density at radius 2 is 1.96 bits per heavy atom. The minimum absolute atomic E-state index is 0.122. The van der Waals surface area contributed by atoms with Crippen LogP contribution in [0.4, 0.5) is 11.4 Å². The van der Waals surface area contributed by atoms with Crippen LogP contribution in [-0.2, 0) is 9.59 Å². The summed E-state index contributed by atoms with van der Waals surface area (Å²) in [5, 5.41) is 3.11. The largest absolute Gasteiger partial charge is 0.497 e. The molecule has 0 aliphatic carbocycles. The third-order valence-corrected chi connectivity index (χ3v) is 4.32. The van der Waals surface area contributed by atoms with Gasteiger partial charge in [0.2, 0.25) is 5.91 Å². The molecule has 2 aromatic rings. The van der Waals surface area contributed by atoms with Crippen LogP contribution in [0.5, 0.6) is 5.75 Å². The number of ether oxygens (including phenoxy) is 1. The molecule has 2 aromatic carbocycles. The van der Waals surface area contributed by atoms with Crippen LogP contribution < -0.4 is 15.0 Å². The summed E-state index contributed by atoms with van der Waals surface area (Å²) in [6.07, 6.45) is 0.122. The molecular formula is C17H15BrN2O3. The summed E-state index contributed by atoms with van der Waals surface area (Å²) in [5.74, 6) is 0.210. The lowest BCUT2D eigenvalue weighted by Crippen LogP contribution is -2.35. The van der Waals surface area contributed by atoms with Crippen molar-refractivity contribution in [1.82, 2.24) is 0 Å². The van der Waals surface area contributed by atoms with Gasteiger partial charge in [0, 0.05) is 16.2 Å². The Hall–Kier alpha value is -2.34. The molecule has 0 aromatic heterocycles. The summed E-state index contributed by atoms with van der Waals surface area (Å²) in [6.45, 7) is 0. The molecule has 2 amide bonds. The molecule has 1 N–H and O–H groups in total. The van der Waals surface area contributed by atoms with Crippen molar-refractivity contribution in [2.75, 3.05) is 17.3 Å². The molecule has 1 aliphatic heterocycles. The van der Waals surface area contributed by atoms with Gasteiger partial charge in [0.15, 0.2) is 0 Å². The molecular weight excluding hydrogens is 360 g/mol. The van der Waals surface area contributed by atoms with E-state index in [-0.39, 0.29) is 18.2 Å². The van der Waals surface area contributed by atoms with Gasteiger partial charge in [-0.3, -0.25) is 9.59 Å². The maximum absolute atomic E-state index is 12.6. The van der Waals surface area contributed by atoms with Crippen molar-refractivity contribution >= 4 is 39.1 Å². The van der Waals surface area contributed by atoms with E-state index in [1.54, 1.807) is 31.4 Å². The first kappa shape index (κ1) is 15.6. The smallest absolute Gasteiger partial charge is 0.256 e. The van der Waals surface area contributed by atoms with Gasteiger partial charge in [0.1, 0.15) is 11.8 Å². The second-order valence-electron chi connectivity index (χ2n) is 5.15. The molecule has 0 radical (unpaired) electrons. The lowest BCUT2D eigenvalue weighted by Gasteiger charge is -2.17. The number of para-hydroxylation sites is 1. The summed E-state index contributed by atoms with van der Waals surface area (Å²) in [4.78, 5) is 26.1. The summed E-state index contributed by atoms with van der Waals surface area (Å²) in [7, 11) is 1.58. The van der Waals surface area contributed by atoms with Crippen LogP contribution in [0.1, 0.15) is 6.42 Å². The van der Waals surface area contributed by atoms with Crippen molar-refractivity contribution in [3.8, 4) is 5.75 Å². The van der Waals surface area contributed by atoms with Crippen molar-refractivity contribution in [3.63, 3.8) is 0 Å². The maximum Gasteiger partial charge on any atom is 0.256 e. The summed E-state index contributed by atoms with van der Waals surface area (Å²) in [6, 6.07) is 13.9. The highest BCUT2D eigenvalue weighted by atomic mass is 79.9. The van der Waals surface area contributed by atoms with E-state index in [1.165, 1.54) is 4.90 Å². The quantitative estimate of drug-likeness (QED) is 0.834. The van der Waals surface area contributed by atoms with Crippen molar-refractivity contribution in [1.29, 1.82) is 0 Å². The van der Waals surface area contributed by atoms with Crippen LogP contribution in [0, 0.1) is 0 Å². The molecule has 1 fully saturated rings. The van der Waals surface area contributed by atoms with Crippen LogP contribution in [0.2, 0.25) is 0 Å². The topological polar surface area (TPSA) is 58.6 Å². The summed E-state index contributed by atoms with van der Waals surface area (Å²) < 4.78 is 5.88. The highest BCUT2D eigenvalue weighted by Crippen LogP contribution is 2.31. The molecule has 0 saturated carbocycles. The van der Waals surface area contributed by atoms with E-state index in [1.807, 2.05) is 24.3 Å². The number of amides is 2. The molecule has 118 valence electrons. The predicted molar refractivity (Wildman–Crippen MR) is 91.7 cm³/mol. The lowest BCUT2D eigenvalue weighted by atomic mass is 10.2. The van der Waals surface area contributed by atoms with E-state index in [2.05, 4.69) is 21.2 Å².